The molecule has 0 unspecified atom stereocenters. The van der Waals surface area contributed by atoms with Gasteiger partial charge < -0.3 is 4.84 Å². The van der Waals surface area contributed by atoms with Gasteiger partial charge in [-0.05, 0) is 59.5 Å². The summed E-state index contributed by atoms with van der Waals surface area (Å²) in [5, 5.41) is 3.91. The SMILES string of the molecule is CON=C1CCc2c(S(=O)(=O)Nc3cc(F)c(Br)cc3F)cn(S(=O)(=O)c3ccc(C)cc3)c2C1. The molecule has 1 aliphatic rings. The zero-order valence-corrected chi connectivity index (χ0v) is 21.8. The van der Waals surface area contributed by atoms with Crippen molar-refractivity contribution in [3.8, 4) is 0 Å². The Morgan fingerprint density at radius 2 is 1.74 bits per heavy atom. The Labute approximate surface area is 209 Å². The van der Waals surface area contributed by atoms with Crippen molar-refractivity contribution in [1.82, 2.24) is 3.97 Å². The second kappa shape index (κ2) is 9.36. The Morgan fingerprint density at radius 3 is 2.40 bits per heavy atom. The van der Waals surface area contributed by atoms with E-state index in [1.54, 1.807) is 12.1 Å². The van der Waals surface area contributed by atoms with E-state index in [0.717, 1.165) is 21.8 Å². The van der Waals surface area contributed by atoms with Crippen LogP contribution in [-0.4, -0.2) is 33.6 Å². The molecule has 1 aliphatic carbocycles. The van der Waals surface area contributed by atoms with E-state index >= 15 is 0 Å². The lowest BCUT2D eigenvalue weighted by Gasteiger charge is -2.18. The molecule has 0 fully saturated rings. The molecule has 0 radical (unpaired) electrons. The molecule has 13 heteroatoms. The molecule has 8 nitrogen and oxygen atoms in total. The first-order valence-electron chi connectivity index (χ1n) is 10.3. The number of halogens is 3. The zero-order valence-electron chi connectivity index (χ0n) is 18.5. The molecule has 0 atom stereocenters. The van der Waals surface area contributed by atoms with Gasteiger partial charge in [0.1, 0.15) is 23.6 Å². The van der Waals surface area contributed by atoms with Crippen LogP contribution in [0.1, 0.15) is 23.2 Å². The Morgan fingerprint density at radius 1 is 1.06 bits per heavy atom. The minimum atomic E-state index is -4.49. The minimum Gasteiger partial charge on any atom is -0.399 e. The first-order valence-corrected chi connectivity index (χ1v) is 14.0. The average Bonchev–Trinajstić information content (AvgIpc) is 3.19. The number of hydrogen-bond donors (Lipinski definition) is 1. The highest BCUT2D eigenvalue weighted by atomic mass is 79.9. The van der Waals surface area contributed by atoms with Gasteiger partial charge in [-0.2, -0.15) is 0 Å². The van der Waals surface area contributed by atoms with Crippen LogP contribution in [0, 0.1) is 18.6 Å². The van der Waals surface area contributed by atoms with E-state index in [4.69, 9.17) is 4.84 Å². The highest BCUT2D eigenvalue weighted by molar-refractivity contribution is 9.10. The summed E-state index contributed by atoms with van der Waals surface area (Å²) >= 11 is 2.84. The Kier molecular flexibility index (Phi) is 6.77. The van der Waals surface area contributed by atoms with Gasteiger partial charge in [0.15, 0.2) is 0 Å². The predicted molar refractivity (Wildman–Crippen MR) is 130 cm³/mol. The standard InChI is InChI=1S/C22H20BrF2N3O5S2/c1-13-3-6-15(7-4-13)35(31,32)28-12-22(16-8-5-14(26-33-2)9-21(16)28)34(29,30)27-20-11-18(24)17(23)10-19(20)25/h3-4,6-7,10-12,27H,5,8-9H2,1-2H3. The van der Waals surface area contributed by atoms with Gasteiger partial charge in [-0.1, -0.05) is 22.9 Å². The maximum absolute atomic E-state index is 14.3. The Balaban J connectivity index is 1.87. The monoisotopic (exact) mass is 587 g/mol. The highest BCUT2D eigenvalue weighted by Crippen LogP contribution is 2.33. The first-order chi connectivity index (χ1) is 16.4. The van der Waals surface area contributed by atoms with Crippen molar-refractivity contribution in [1.29, 1.82) is 0 Å². The van der Waals surface area contributed by atoms with Crippen LogP contribution >= 0.6 is 15.9 Å². The van der Waals surface area contributed by atoms with E-state index in [0.29, 0.717) is 18.2 Å². The van der Waals surface area contributed by atoms with E-state index in [9.17, 15) is 25.6 Å². The van der Waals surface area contributed by atoms with E-state index in [2.05, 4.69) is 21.1 Å². The maximum Gasteiger partial charge on any atom is 0.267 e. The van der Waals surface area contributed by atoms with Gasteiger partial charge in [0, 0.05) is 24.4 Å². The lowest BCUT2D eigenvalue weighted by atomic mass is 9.96. The number of hydrogen-bond acceptors (Lipinski definition) is 6. The molecule has 0 saturated heterocycles. The van der Waals surface area contributed by atoms with Crippen LogP contribution in [0.5, 0.6) is 0 Å². The topological polar surface area (TPSA) is 107 Å². The summed E-state index contributed by atoms with van der Waals surface area (Å²) in [6, 6.07) is 7.61. The lowest BCUT2D eigenvalue weighted by Crippen LogP contribution is -2.22. The quantitative estimate of drug-likeness (QED) is 0.340. The number of oxime groups is 1. The summed E-state index contributed by atoms with van der Waals surface area (Å²) in [6.45, 7) is 1.81. The molecule has 1 N–H and O–H groups in total. The van der Waals surface area contributed by atoms with Crippen LogP contribution in [0.25, 0.3) is 0 Å². The van der Waals surface area contributed by atoms with Gasteiger partial charge in [0.05, 0.1) is 20.8 Å². The van der Waals surface area contributed by atoms with Gasteiger partial charge in [-0.25, -0.2) is 29.6 Å². The predicted octanol–water partition coefficient (Wildman–Crippen LogP) is 4.37. The number of aryl methyl sites for hydroxylation is 1. The van der Waals surface area contributed by atoms with Crippen molar-refractivity contribution in [2.75, 3.05) is 11.8 Å². The molecule has 0 amide bonds. The van der Waals surface area contributed by atoms with Crippen LogP contribution in [0.3, 0.4) is 0 Å². The first kappa shape index (κ1) is 25.3. The Hall–Kier alpha value is -2.77. The van der Waals surface area contributed by atoms with Crippen molar-refractivity contribution in [3.63, 3.8) is 0 Å². The van der Waals surface area contributed by atoms with Crippen LogP contribution < -0.4 is 4.72 Å². The number of fused-ring (bicyclic) bond motifs is 1. The third-order valence-corrected chi connectivity index (χ3v) is 9.26. The summed E-state index contributed by atoms with van der Waals surface area (Å²) in [5.74, 6) is -1.87. The second-order valence-electron chi connectivity index (χ2n) is 7.90. The summed E-state index contributed by atoms with van der Waals surface area (Å²) in [6.07, 6.45) is 1.51. The largest absolute Gasteiger partial charge is 0.399 e. The average molecular weight is 588 g/mol. The summed E-state index contributed by atoms with van der Waals surface area (Å²) in [5.41, 5.74) is 1.24. The van der Waals surface area contributed by atoms with E-state index in [-0.39, 0.29) is 38.4 Å². The molecular formula is C22H20BrF2N3O5S2. The van der Waals surface area contributed by atoms with Crippen molar-refractivity contribution in [3.05, 3.63) is 75.5 Å². The smallest absolute Gasteiger partial charge is 0.267 e. The molecule has 0 bridgehead atoms. The van der Waals surface area contributed by atoms with Gasteiger partial charge >= 0.3 is 0 Å². The molecular weight excluding hydrogens is 568 g/mol. The molecule has 4 rings (SSSR count). The summed E-state index contributed by atoms with van der Waals surface area (Å²) in [4.78, 5) is 4.45. The van der Waals surface area contributed by atoms with Crippen molar-refractivity contribution >= 4 is 47.4 Å². The molecule has 0 spiro atoms. The zero-order chi connectivity index (χ0) is 25.5. The fourth-order valence-corrected chi connectivity index (χ4v) is 6.96. The second-order valence-corrected chi connectivity index (χ2v) is 12.2. The molecule has 186 valence electrons. The third-order valence-electron chi connectivity index (χ3n) is 5.52. The Bertz CT molecular complexity index is 1550. The molecule has 1 heterocycles. The fourth-order valence-electron chi connectivity index (χ4n) is 3.82. The molecule has 3 aromatic rings. The maximum atomic E-state index is 14.3. The van der Waals surface area contributed by atoms with Crippen molar-refractivity contribution < 1.29 is 30.5 Å². The van der Waals surface area contributed by atoms with E-state index in [1.165, 1.54) is 19.2 Å². The number of benzene rings is 2. The highest BCUT2D eigenvalue weighted by Gasteiger charge is 2.34. The van der Waals surface area contributed by atoms with E-state index < -0.39 is 37.4 Å². The number of nitrogens with zero attached hydrogens (tertiary/aromatic N) is 2. The molecule has 0 aliphatic heterocycles. The molecule has 2 aromatic carbocycles. The van der Waals surface area contributed by atoms with Crippen LogP contribution in [0.4, 0.5) is 14.5 Å². The molecule has 35 heavy (non-hydrogen) atoms. The van der Waals surface area contributed by atoms with E-state index in [1.807, 2.05) is 11.6 Å². The van der Waals surface area contributed by atoms with Crippen LogP contribution in [0.15, 0.2) is 62.0 Å². The van der Waals surface area contributed by atoms with Gasteiger partial charge in [-0.15, -0.1) is 0 Å². The summed E-state index contributed by atoms with van der Waals surface area (Å²) < 4.78 is 84.6. The fraction of sp³-hybridized carbons (Fsp3) is 0.227. The van der Waals surface area contributed by atoms with Gasteiger partial charge in [0.25, 0.3) is 20.0 Å². The minimum absolute atomic E-state index is 0.0327. The van der Waals surface area contributed by atoms with Crippen molar-refractivity contribution in [2.45, 2.75) is 36.0 Å². The molecule has 0 saturated carbocycles. The lowest BCUT2D eigenvalue weighted by molar-refractivity contribution is 0.211. The van der Waals surface area contributed by atoms with Gasteiger partial charge in [-0.3, -0.25) is 4.72 Å². The number of anilines is 1. The third kappa shape index (κ3) is 4.84. The normalized spacial score (nSPS) is 15.2. The van der Waals surface area contributed by atoms with Crippen LogP contribution in [0.2, 0.25) is 0 Å². The number of rotatable bonds is 6. The summed E-state index contributed by atoms with van der Waals surface area (Å²) in [7, 11) is -7.32. The molecule has 1 aromatic heterocycles. The number of nitrogens with one attached hydrogen (secondary N) is 1. The number of sulfonamides is 1. The van der Waals surface area contributed by atoms with Gasteiger partial charge in [0.2, 0.25) is 0 Å². The number of aromatic nitrogens is 1. The van der Waals surface area contributed by atoms with Crippen LogP contribution in [-0.2, 0) is 37.7 Å². The van der Waals surface area contributed by atoms with Crippen molar-refractivity contribution in [2.24, 2.45) is 5.16 Å².